The molecule has 0 spiro atoms. The molecule has 0 bridgehead atoms. The van der Waals surface area contributed by atoms with Gasteiger partial charge in [0.05, 0.1) is 5.52 Å². The number of imidazole rings is 1. The zero-order valence-electron chi connectivity index (χ0n) is 9.64. The van der Waals surface area contributed by atoms with Crippen LogP contribution in [-0.4, -0.2) is 15.7 Å². The average Bonchev–Trinajstić information content (AvgIpc) is 2.60. The molecule has 8 heteroatoms. The maximum absolute atomic E-state index is 13.6. The van der Waals surface area contributed by atoms with E-state index in [1.165, 1.54) is 6.07 Å². The van der Waals surface area contributed by atoms with Gasteiger partial charge in [-0.15, -0.1) is 0 Å². The standard InChI is InChI=1S/C11H10F5N3/c12-6-2-3-7-9(8(6)13)19(10(17)18-7)5-1-4-11(14,15)16/h2-3H,1,4-5H2,(H2,17,18). The lowest BCUT2D eigenvalue weighted by Crippen LogP contribution is -2.11. The van der Waals surface area contributed by atoms with Crippen molar-refractivity contribution in [3.8, 4) is 0 Å². The second-order valence-electron chi connectivity index (χ2n) is 4.07. The summed E-state index contributed by atoms with van der Waals surface area (Å²) < 4.78 is 63.9. The Morgan fingerprint density at radius 2 is 1.89 bits per heavy atom. The Balaban J connectivity index is 2.32. The number of nitrogen functional groups attached to an aromatic ring is 1. The number of alkyl halides is 3. The van der Waals surface area contributed by atoms with Crippen molar-refractivity contribution in [2.45, 2.75) is 25.6 Å². The van der Waals surface area contributed by atoms with Crippen molar-refractivity contribution in [3.63, 3.8) is 0 Å². The summed E-state index contributed by atoms with van der Waals surface area (Å²) in [5, 5.41) is 0. The van der Waals surface area contributed by atoms with E-state index in [1.54, 1.807) is 0 Å². The van der Waals surface area contributed by atoms with Crippen molar-refractivity contribution >= 4 is 17.0 Å². The first kappa shape index (κ1) is 13.6. The van der Waals surface area contributed by atoms with Crippen LogP contribution >= 0.6 is 0 Å². The minimum Gasteiger partial charge on any atom is -0.369 e. The van der Waals surface area contributed by atoms with Gasteiger partial charge in [-0.1, -0.05) is 0 Å². The van der Waals surface area contributed by atoms with E-state index in [2.05, 4.69) is 4.98 Å². The molecule has 2 N–H and O–H groups in total. The molecule has 0 amide bonds. The quantitative estimate of drug-likeness (QED) is 0.876. The first-order valence-electron chi connectivity index (χ1n) is 5.46. The van der Waals surface area contributed by atoms with Crippen LogP contribution in [-0.2, 0) is 6.54 Å². The van der Waals surface area contributed by atoms with Gasteiger partial charge >= 0.3 is 6.18 Å². The number of aryl methyl sites for hydroxylation is 1. The molecule has 2 rings (SSSR count). The van der Waals surface area contributed by atoms with Gasteiger partial charge in [-0.2, -0.15) is 13.2 Å². The first-order chi connectivity index (χ1) is 8.79. The second-order valence-corrected chi connectivity index (χ2v) is 4.07. The molecule has 0 unspecified atom stereocenters. The third-order valence-corrected chi connectivity index (χ3v) is 2.67. The largest absolute Gasteiger partial charge is 0.389 e. The van der Waals surface area contributed by atoms with Gasteiger partial charge in [0.2, 0.25) is 5.95 Å². The Labute approximate surface area is 104 Å². The summed E-state index contributed by atoms with van der Waals surface area (Å²) in [6.45, 7) is -0.178. The predicted molar refractivity (Wildman–Crippen MR) is 59.4 cm³/mol. The monoisotopic (exact) mass is 279 g/mol. The minimum atomic E-state index is -4.30. The highest BCUT2D eigenvalue weighted by molar-refractivity contribution is 5.79. The highest BCUT2D eigenvalue weighted by Gasteiger charge is 2.26. The number of aromatic nitrogens is 2. The first-order valence-corrected chi connectivity index (χ1v) is 5.46. The molecule has 0 saturated carbocycles. The third kappa shape index (κ3) is 2.77. The molecular formula is C11H10F5N3. The van der Waals surface area contributed by atoms with E-state index >= 15 is 0 Å². The smallest absolute Gasteiger partial charge is 0.369 e. The van der Waals surface area contributed by atoms with E-state index in [-0.39, 0.29) is 29.9 Å². The average molecular weight is 279 g/mol. The predicted octanol–water partition coefficient (Wildman–Crippen LogP) is 3.24. The fourth-order valence-corrected chi connectivity index (χ4v) is 1.84. The number of anilines is 1. The molecule has 2 aromatic rings. The lowest BCUT2D eigenvalue weighted by Gasteiger charge is -2.09. The van der Waals surface area contributed by atoms with Crippen LogP contribution in [0.5, 0.6) is 0 Å². The van der Waals surface area contributed by atoms with Crippen LogP contribution in [0, 0.1) is 11.6 Å². The Morgan fingerprint density at radius 3 is 2.53 bits per heavy atom. The molecule has 0 radical (unpaired) electrons. The van der Waals surface area contributed by atoms with E-state index in [4.69, 9.17) is 5.73 Å². The summed E-state index contributed by atoms with van der Waals surface area (Å²) in [6, 6.07) is 2.12. The molecule has 0 aliphatic rings. The van der Waals surface area contributed by atoms with Crippen molar-refractivity contribution in [2.24, 2.45) is 0 Å². The number of halogens is 5. The molecule has 1 heterocycles. The molecule has 0 atom stereocenters. The number of nitrogens with zero attached hydrogens (tertiary/aromatic N) is 2. The van der Waals surface area contributed by atoms with Gasteiger partial charge in [0.15, 0.2) is 11.6 Å². The van der Waals surface area contributed by atoms with Crippen molar-refractivity contribution < 1.29 is 22.0 Å². The van der Waals surface area contributed by atoms with E-state index in [1.807, 2.05) is 0 Å². The highest BCUT2D eigenvalue weighted by atomic mass is 19.4. The molecule has 1 aromatic heterocycles. The fourth-order valence-electron chi connectivity index (χ4n) is 1.84. The Bertz CT molecular complexity index is 602. The summed E-state index contributed by atoms with van der Waals surface area (Å²) in [4.78, 5) is 3.78. The normalized spacial score (nSPS) is 12.3. The van der Waals surface area contributed by atoms with Crippen molar-refractivity contribution in [3.05, 3.63) is 23.8 Å². The van der Waals surface area contributed by atoms with Gasteiger partial charge in [-0.25, -0.2) is 13.8 Å². The highest BCUT2D eigenvalue weighted by Crippen LogP contribution is 2.26. The maximum Gasteiger partial charge on any atom is 0.389 e. The van der Waals surface area contributed by atoms with E-state index in [9.17, 15) is 22.0 Å². The zero-order chi connectivity index (χ0) is 14.2. The van der Waals surface area contributed by atoms with Crippen LogP contribution in [0.2, 0.25) is 0 Å². The van der Waals surface area contributed by atoms with E-state index < -0.39 is 24.2 Å². The summed E-state index contributed by atoms with van der Waals surface area (Å²) in [6.07, 6.45) is -5.60. The number of nitrogens with two attached hydrogens (primary N) is 1. The number of hydrogen-bond acceptors (Lipinski definition) is 2. The van der Waals surface area contributed by atoms with Gasteiger partial charge < -0.3 is 10.3 Å². The molecule has 0 aliphatic heterocycles. The molecule has 104 valence electrons. The zero-order valence-corrected chi connectivity index (χ0v) is 9.64. The van der Waals surface area contributed by atoms with Crippen molar-refractivity contribution in [2.75, 3.05) is 5.73 Å². The second kappa shape index (κ2) is 4.67. The molecule has 0 aliphatic carbocycles. The van der Waals surface area contributed by atoms with Crippen LogP contribution < -0.4 is 5.73 Å². The van der Waals surface area contributed by atoms with Gasteiger partial charge in [-0.3, -0.25) is 0 Å². The van der Waals surface area contributed by atoms with Crippen LogP contribution in [0.3, 0.4) is 0 Å². The Hall–Kier alpha value is -1.86. The summed E-state index contributed by atoms with van der Waals surface area (Å²) in [5.74, 6) is -2.39. The van der Waals surface area contributed by atoms with E-state index in [0.29, 0.717) is 0 Å². The molecule has 19 heavy (non-hydrogen) atoms. The number of fused-ring (bicyclic) bond motifs is 1. The molecule has 3 nitrogen and oxygen atoms in total. The fraction of sp³-hybridized carbons (Fsp3) is 0.364. The topological polar surface area (TPSA) is 43.8 Å². The van der Waals surface area contributed by atoms with Gasteiger partial charge in [0, 0.05) is 13.0 Å². The SMILES string of the molecule is Nc1nc2ccc(F)c(F)c2n1CCCC(F)(F)F. The van der Waals surface area contributed by atoms with Gasteiger partial charge in [-0.05, 0) is 18.6 Å². The Morgan fingerprint density at radius 1 is 1.21 bits per heavy atom. The maximum atomic E-state index is 13.6. The molecule has 0 saturated heterocycles. The summed E-state index contributed by atoms with van der Waals surface area (Å²) >= 11 is 0. The minimum absolute atomic E-state index is 0.114. The summed E-state index contributed by atoms with van der Waals surface area (Å²) in [7, 11) is 0. The van der Waals surface area contributed by atoms with Crippen LogP contribution in [0.1, 0.15) is 12.8 Å². The van der Waals surface area contributed by atoms with Gasteiger partial charge in [0.25, 0.3) is 0 Å². The van der Waals surface area contributed by atoms with Crippen LogP contribution in [0.25, 0.3) is 11.0 Å². The van der Waals surface area contributed by atoms with Crippen molar-refractivity contribution in [1.82, 2.24) is 9.55 Å². The lowest BCUT2D eigenvalue weighted by molar-refractivity contribution is -0.135. The third-order valence-electron chi connectivity index (χ3n) is 2.67. The number of benzene rings is 1. The number of hydrogen-bond donors (Lipinski definition) is 1. The molecule has 1 aromatic carbocycles. The van der Waals surface area contributed by atoms with E-state index in [0.717, 1.165) is 10.6 Å². The Kier molecular flexibility index (Phi) is 3.34. The number of rotatable bonds is 3. The van der Waals surface area contributed by atoms with Crippen LogP contribution in [0.15, 0.2) is 12.1 Å². The van der Waals surface area contributed by atoms with Gasteiger partial charge in [0.1, 0.15) is 5.52 Å². The summed E-state index contributed by atoms with van der Waals surface area (Å²) in [5.41, 5.74) is 5.41. The van der Waals surface area contributed by atoms with Crippen molar-refractivity contribution in [1.29, 1.82) is 0 Å². The molecule has 0 fully saturated rings. The molecular weight excluding hydrogens is 269 g/mol. The van der Waals surface area contributed by atoms with Crippen LogP contribution in [0.4, 0.5) is 27.9 Å². The lowest BCUT2D eigenvalue weighted by atomic mass is 10.2.